The first kappa shape index (κ1) is 11.5. The molecule has 1 unspecified atom stereocenters. The van der Waals surface area contributed by atoms with Crippen LogP contribution in [0.15, 0.2) is 0 Å². The van der Waals surface area contributed by atoms with Gasteiger partial charge >= 0.3 is 0 Å². The number of rotatable bonds is 3. The molecular formula is C8H16N2O3S. The summed E-state index contributed by atoms with van der Waals surface area (Å²) in [5.74, 6) is -0.311. The number of amides is 1. The zero-order valence-corrected chi connectivity index (χ0v) is 9.09. The highest BCUT2D eigenvalue weighted by Crippen LogP contribution is 2.19. The van der Waals surface area contributed by atoms with Crippen molar-refractivity contribution in [1.82, 2.24) is 4.90 Å². The van der Waals surface area contributed by atoms with E-state index in [1.54, 1.807) is 7.05 Å². The summed E-state index contributed by atoms with van der Waals surface area (Å²) in [5.41, 5.74) is 5.31. The topological polar surface area (TPSA) is 80.5 Å². The zero-order valence-electron chi connectivity index (χ0n) is 8.27. The van der Waals surface area contributed by atoms with Crippen molar-refractivity contribution in [2.75, 3.05) is 31.6 Å². The molecule has 14 heavy (non-hydrogen) atoms. The van der Waals surface area contributed by atoms with Gasteiger partial charge in [-0.05, 0) is 6.42 Å². The molecule has 0 aromatic rings. The van der Waals surface area contributed by atoms with E-state index in [-0.39, 0.29) is 23.3 Å². The van der Waals surface area contributed by atoms with Crippen LogP contribution < -0.4 is 5.73 Å². The summed E-state index contributed by atoms with van der Waals surface area (Å²) < 4.78 is 22.3. The van der Waals surface area contributed by atoms with E-state index in [4.69, 9.17) is 5.73 Å². The lowest BCUT2D eigenvalue weighted by molar-refractivity contribution is -0.133. The van der Waals surface area contributed by atoms with Crippen molar-refractivity contribution in [2.24, 2.45) is 11.7 Å². The fourth-order valence-corrected chi connectivity index (χ4v) is 3.34. The Hall–Kier alpha value is -0.620. The van der Waals surface area contributed by atoms with Gasteiger partial charge in [-0.25, -0.2) is 8.42 Å². The lowest BCUT2D eigenvalue weighted by atomic mass is 10.1. The van der Waals surface area contributed by atoms with Crippen LogP contribution >= 0.6 is 0 Å². The van der Waals surface area contributed by atoms with Gasteiger partial charge in [-0.3, -0.25) is 4.79 Å². The third kappa shape index (κ3) is 2.68. The fraction of sp³-hybridized carbons (Fsp3) is 0.875. The van der Waals surface area contributed by atoms with E-state index in [1.165, 1.54) is 4.90 Å². The molecule has 0 bridgehead atoms. The molecular weight excluding hydrogens is 204 g/mol. The number of carbonyl (C=O) groups excluding carboxylic acids is 1. The van der Waals surface area contributed by atoms with Crippen molar-refractivity contribution in [3.8, 4) is 0 Å². The predicted octanol–water partition coefficient (Wildman–Crippen LogP) is -1.16. The molecule has 5 nitrogen and oxygen atoms in total. The number of sulfone groups is 1. The molecule has 6 heteroatoms. The van der Waals surface area contributed by atoms with E-state index in [1.807, 2.05) is 0 Å². The molecule has 1 atom stereocenters. The largest absolute Gasteiger partial charge is 0.344 e. The van der Waals surface area contributed by atoms with Gasteiger partial charge < -0.3 is 10.6 Å². The summed E-state index contributed by atoms with van der Waals surface area (Å²) in [6.07, 6.45) is 0.454. The molecule has 0 spiro atoms. The predicted molar refractivity (Wildman–Crippen MR) is 53.5 cm³/mol. The Morgan fingerprint density at radius 2 is 2.21 bits per heavy atom. The standard InChI is InChI=1S/C8H16N2O3S/c1-10(4-3-9)8(11)7-2-5-14(12,13)6-7/h7H,2-6,9H2,1H3. The quantitative estimate of drug-likeness (QED) is 0.650. The minimum absolute atomic E-state index is 0.000739. The van der Waals surface area contributed by atoms with Crippen LogP contribution in [0.5, 0.6) is 0 Å². The smallest absolute Gasteiger partial charge is 0.226 e. The Bertz CT molecular complexity index is 313. The first-order valence-corrected chi connectivity index (χ1v) is 6.44. The van der Waals surface area contributed by atoms with E-state index in [2.05, 4.69) is 0 Å². The molecule has 1 rings (SSSR count). The molecule has 1 aliphatic rings. The van der Waals surface area contributed by atoms with Crippen LogP contribution in [-0.4, -0.2) is 50.9 Å². The number of nitrogens with zero attached hydrogens (tertiary/aromatic N) is 1. The highest BCUT2D eigenvalue weighted by molar-refractivity contribution is 7.91. The van der Waals surface area contributed by atoms with Crippen LogP contribution in [-0.2, 0) is 14.6 Å². The summed E-state index contributed by atoms with van der Waals surface area (Å²) in [7, 11) is -1.31. The van der Waals surface area contributed by atoms with Crippen LogP contribution in [0.1, 0.15) is 6.42 Å². The molecule has 0 radical (unpaired) electrons. The Balaban J connectivity index is 2.55. The number of nitrogens with two attached hydrogens (primary N) is 1. The van der Waals surface area contributed by atoms with Gasteiger partial charge in [0.05, 0.1) is 17.4 Å². The normalized spacial score (nSPS) is 24.9. The Labute approximate surface area is 84.2 Å². The first-order chi connectivity index (χ1) is 6.46. The monoisotopic (exact) mass is 220 g/mol. The molecule has 1 heterocycles. The average Bonchev–Trinajstić information content (AvgIpc) is 2.45. The van der Waals surface area contributed by atoms with Crippen molar-refractivity contribution in [3.05, 3.63) is 0 Å². The van der Waals surface area contributed by atoms with Crippen LogP contribution in [0.4, 0.5) is 0 Å². The van der Waals surface area contributed by atoms with Gasteiger partial charge in [0.25, 0.3) is 0 Å². The minimum atomic E-state index is -2.97. The van der Waals surface area contributed by atoms with E-state index in [0.717, 1.165) is 0 Å². The van der Waals surface area contributed by atoms with Gasteiger partial charge in [0.1, 0.15) is 0 Å². The van der Waals surface area contributed by atoms with Gasteiger partial charge in [0, 0.05) is 20.1 Å². The number of hydrogen-bond acceptors (Lipinski definition) is 4. The van der Waals surface area contributed by atoms with Crippen molar-refractivity contribution in [3.63, 3.8) is 0 Å². The Morgan fingerprint density at radius 3 is 2.64 bits per heavy atom. The summed E-state index contributed by atoms with van der Waals surface area (Å²) in [4.78, 5) is 13.1. The van der Waals surface area contributed by atoms with E-state index < -0.39 is 9.84 Å². The van der Waals surface area contributed by atoms with Gasteiger partial charge in [0.2, 0.25) is 5.91 Å². The van der Waals surface area contributed by atoms with Gasteiger partial charge in [-0.1, -0.05) is 0 Å². The zero-order chi connectivity index (χ0) is 10.8. The van der Waals surface area contributed by atoms with Gasteiger partial charge in [-0.2, -0.15) is 0 Å². The van der Waals surface area contributed by atoms with Crippen molar-refractivity contribution in [2.45, 2.75) is 6.42 Å². The number of carbonyl (C=O) groups is 1. The number of hydrogen-bond donors (Lipinski definition) is 1. The molecule has 1 fully saturated rings. The molecule has 0 aliphatic carbocycles. The molecule has 1 amide bonds. The highest BCUT2D eigenvalue weighted by Gasteiger charge is 2.34. The Kier molecular flexibility index (Phi) is 3.49. The Morgan fingerprint density at radius 1 is 1.57 bits per heavy atom. The molecule has 2 N–H and O–H groups in total. The van der Waals surface area contributed by atoms with E-state index in [9.17, 15) is 13.2 Å². The maximum absolute atomic E-state index is 11.6. The van der Waals surface area contributed by atoms with Crippen LogP contribution in [0, 0.1) is 5.92 Å². The SMILES string of the molecule is CN(CCN)C(=O)C1CCS(=O)(=O)C1. The van der Waals surface area contributed by atoms with E-state index >= 15 is 0 Å². The highest BCUT2D eigenvalue weighted by atomic mass is 32.2. The molecule has 0 saturated carbocycles. The molecule has 0 aromatic heterocycles. The maximum Gasteiger partial charge on any atom is 0.226 e. The second-order valence-electron chi connectivity index (χ2n) is 3.65. The summed E-state index contributed by atoms with van der Waals surface area (Å²) in [5, 5.41) is 0. The second-order valence-corrected chi connectivity index (χ2v) is 5.88. The van der Waals surface area contributed by atoms with Crippen LogP contribution in [0.3, 0.4) is 0 Å². The third-order valence-corrected chi connectivity index (χ3v) is 4.19. The van der Waals surface area contributed by atoms with Gasteiger partial charge in [0.15, 0.2) is 9.84 Å². The molecule has 0 aromatic carbocycles. The van der Waals surface area contributed by atoms with E-state index in [0.29, 0.717) is 19.5 Å². The first-order valence-electron chi connectivity index (χ1n) is 4.62. The summed E-state index contributed by atoms with van der Waals surface area (Å²) >= 11 is 0. The fourth-order valence-electron chi connectivity index (χ4n) is 1.61. The lowest BCUT2D eigenvalue weighted by Gasteiger charge is -2.19. The number of likely N-dealkylation sites (N-methyl/N-ethyl adjacent to an activating group) is 1. The maximum atomic E-state index is 11.6. The lowest BCUT2D eigenvalue weighted by Crippen LogP contribution is -2.36. The van der Waals surface area contributed by atoms with Crippen molar-refractivity contribution in [1.29, 1.82) is 0 Å². The molecule has 1 saturated heterocycles. The van der Waals surface area contributed by atoms with Crippen LogP contribution in [0.2, 0.25) is 0 Å². The average molecular weight is 220 g/mol. The third-order valence-electron chi connectivity index (χ3n) is 2.42. The minimum Gasteiger partial charge on any atom is -0.344 e. The molecule has 82 valence electrons. The summed E-state index contributed by atoms with van der Waals surface area (Å²) in [6, 6.07) is 0. The summed E-state index contributed by atoms with van der Waals surface area (Å²) in [6.45, 7) is 0.886. The van der Waals surface area contributed by atoms with Crippen molar-refractivity contribution >= 4 is 15.7 Å². The van der Waals surface area contributed by atoms with Gasteiger partial charge in [-0.15, -0.1) is 0 Å². The van der Waals surface area contributed by atoms with Crippen molar-refractivity contribution < 1.29 is 13.2 Å². The second kappa shape index (κ2) is 4.27. The van der Waals surface area contributed by atoms with Crippen LogP contribution in [0.25, 0.3) is 0 Å². The molecule has 1 aliphatic heterocycles.